The Morgan fingerprint density at radius 2 is 2.37 bits per heavy atom. The van der Waals surface area contributed by atoms with Gasteiger partial charge in [0.05, 0.1) is 10.6 Å². The molecular formula is C15H18N2OS. The molecule has 0 spiro atoms. The SMILES string of the molecule is C=C(C)[C@H]1CC=C(C)/C(=N\NC(=O)c2cccs2)C1. The number of carbonyl (C=O) groups is 1. The second kappa shape index (κ2) is 5.97. The van der Waals surface area contributed by atoms with Crippen molar-refractivity contribution in [1.82, 2.24) is 5.43 Å². The average molecular weight is 274 g/mol. The Balaban J connectivity index is 2.06. The highest BCUT2D eigenvalue weighted by Gasteiger charge is 2.18. The molecule has 0 fully saturated rings. The summed E-state index contributed by atoms with van der Waals surface area (Å²) in [7, 11) is 0. The predicted molar refractivity (Wildman–Crippen MR) is 80.5 cm³/mol. The summed E-state index contributed by atoms with van der Waals surface area (Å²) >= 11 is 1.41. The minimum absolute atomic E-state index is 0.146. The molecule has 0 unspecified atom stereocenters. The van der Waals surface area contributed by atoms with E-state index in [4.69, 9.17) is 0 Å². The summed E-state index contributed by atoms with van der Waals surface area (Å²) < 4.78 is 0. The minimum Gasteiger partial charge on any atom is -0.266 e. The van der Waals surface area contributed by atoms with Crippen LogP contribution in [0.3, 0.4) is 0 Å². The molecule has 1 aliphatic carbocycles. The Morgan fingerprint density at radius 3 is 3.00 bits per heavy atom. The van der Waals surface area contributed by atoms with Gasteiger partial charge in [-0.15, -0.1) is 11.3 Å². The van der Waals surface area contributed by atoms with Crippen LogP contribution in [0.4, 0.5) is 0 Å². The van der Waals surface area contributed by atoms with Gasteiger partial charge in [-0.1, -0.05) is 24.3 Å². The Hall–Kier alpha value is -1.68. The highest BCUT2D eigenvalue weighted by molar-refractivity contribution is 7.12. The van der Waals surface area contributed by atoms with Gasteiger partial charge in [0.15, 0.2) is 0 Å². The number of hydrogen-bond acceptors (Lipinski definition) is 3. The number of amides is 1. The summed E-state index contributed by atoms with van der Waals surface area (Å²) in [6.07, 6.45) is 4.03. The third-order valence-corrected chi connectivity index (χ3v) is 4.21. The van der Waals surface area contributed by atoms with E-state index in [1.165, 1.54) is 16.9 Å². The van der Waals surface area contributed by atoms with Crippen LogP contribution in [-0.2, 0) is 0 Å². The maximum atomic E-state index is 11.8. The fourth-order valence-corrected chi connectivity index (χ4v) is 2.62. The molecule has 0 saturated carbocycles. The molecule has 1 amide bonds. The molecule has 1 atom stereocenters. The van der Waals surface area contributed by atoms with E-state index in [1.54, 1.807) is 6.07 Å². The van der Waals surface area contributed by atoms with Gasteiger partial charge < -0.3 is 0 Å². The molecule has 3 nitrogen and oxygen atoms in total. The highest BCUT2D eigenvalue weighted by Crippen LogP contribution is 2.26. The van der Waals surface area contributed by atoms with Crippen molar-refractivity contribution >= 4 is 23.0 Å². The summed E-state index contributed by atoms with van der Waals surface area (Å²) in [5.74, 6) is 0.286. The summed E-state index contributed by atoms with van der Waals surface area (Å²) in [5.41, 5.74) is 5.89. The molecule has 100 valence electrons. The van der Waals surface area contributed by atoms with Gasteiger partial charge >= 0.3 is 0 Å². The second-order valence-corrected chi connectivity index (χ2v) is 5.79. The number of hydrogen-bond donors (Lipinski definition) is 1. The van der Waals surface area contributed by atoms with E-state index in [0.29, 0.717) is 10.8 Å². The van der Waals surface area contributed by atoms with Crippen LogP contribution < -0.4 is 5.43 Å². The first kappa shape index (κ1) is 13.7. The number of thiophene rings is 1. The van der Waals surface area contributed by atoms with Gasteiger partial charge in [-0.2, -0.15) is 5.10 Å². The van der Waals surface area contributed by atoms with E-state index in [9.17, 15) is 4.79 Å². The summed E-state index contributed by atoms with van der Waals surface area (Å²) in [5, 5.41) is 6.15. The topological polar surface area (TPSA) is 41.5 Å². The number of nitrogens with one attached hydrogen (secondary N) is 1. The molecule has 0 aliphatic heterocycles. The zero-order valence-electron chi connectivity index (χ0n) is 11.3. The van der Waals surface area contributed by atoms with Crippen molar-refractivity contribution in [3.63, 3.8) is 0 Å². The second-order valence-electron chi connectivity index (χ2n) is 4.85. The predicted octanol–water partition coefficient (Wildman–Crippen LogP) is 3.77. The number of allylic oxidation sites excluding steroid dienone is 3. The van der Waals surface area contributed by atoms with Crippen LogP contribution >= 0.6 is 11.3 Å². The zero-order chi connectivity index (χ0) is 13.8. The van der Waals surface area contributed by atoms with Gasteiger partial charge in [-0.05, 0) is 49.6 Å². The van der Waals surface area contributed by atoms with E-state index in [2.05, 4.69) is 23.2 Å². The number of carbonyl (C=O) groups excluding carboxylic acids is 1. The van der Waals surface area contributed by atoms with Crippen LogP contribution in [0.2, 0.25) is 0 Å². The van der Waals surface area contributed by atoms with Crippen LogP contribution in [0.25, 0.3) is 0 Å². The monoisotopic (exact) mass is 274 g/mol. The van der Waals surface area contributed by atoms with Crippen molar-refractivity contribution in [2.75, 3.05) is 0 Å². The maximum absolute atomic E-state index is 11.8. The maximum Gasteiger partial charge on any atom is 0.281 e. The largest absolute Gasteiger partial charge is 0.281 e. The van der Waals surface area contributed by atoms with Crippen LogP contribution in [-0.4, -0.2) is 11.6 Å². The fourth-order valence-electron chi connectivity index (χ4n) is 2.00. The van der Waals surface area contributed by atoms with Crippen molar-refractivity contribution in [3.05, 3.63) is 46.2 Å². The smallest absolute Gasteiger partial charge is 0.266 e. The lowest BCUT2D eigenvalue weighted by Gasteiger charge is -2.22. The molecule has 0 saturated heterocycles. The van der Waals surface area contributed by atoms with Crippen molar-refractivity contribution < 1.29 is 4.79 Å². The third-order valence-electron chi connectivity index (χ3n) is 3.34. The van der Waals surface area contributed by atoms with Crippen LogP contribution in [0, 0.1) is 5.92 Å². The van der Waals surface area contributed by atoms with E-state index in [-0.39, 0.29) is 5.91 Å². The lowest BCUT2D eigenvalue weighted by molar-refractivity contribution is 0.0959. The molecule has 19 heavy (non-hydrogen) atoms. The molecular weight excluding hydrogens is 256 g/mol. The van der Waals surface area contributed by atoms with E-state index >= 15 is 0 Å². The number of nitrogens with zero attached hydrogens (tertiary/aromatic N) is 1. The minimum atomic E-state index is -0.146. The van der Waals surface area contributed by atoms with Gasteiger partial charge in [-0.3, -0.25) is 4.79 Å². The number of hydrazone groups is 1. The average Bonchev–Trinajstić information content (AvgIpc) is 2.91. The lowest BCUT2D eigenvalue weighted by atomic mass is 9.85. The van der Waals surface area contributed by atoms with Crippen LogP contribution in [0.15, 0.2) is 46.4 Å². The molecule has 4 heteroatoms. The Morgan fingerprint density at radius 1 is 1.58 bits per heavy atom. The molecule has 1 aromatic rings. The van der Waals surface area contributed by atoms with Gasteiger partial charge in [0.1, 0.15) is 0 Å². The first-order valence-corrected chi connectivity index (χ1v) is 7.19. The van der Waals surface area contributed by atoms with E-state index < -0.39 is 0 Å². The highest BCUT2D eigenvalue weighted by atomic mass is 32.1. The lowest BCUT2D eigenvalue weighted by Crippen LogP contribution is -2.22. The first-order chi connectivity index (χ1) is 9.08. The first-order valence-electron chi connectivity index (χ1n) is 6.31. The summed E-state index contributed by atoms with van der Waals surface area (Å²) in [6, 6.07) is 3.65. The normalized spacial score (nSPS) is 21.1. The molecule has 0 bridgehead atoms. The van der Waals surface area contributed by atoms with Gasteiger partial charge in [0.25, 0.3) is 5.91 Å². The van der Waals surface area contributed by atoms with E-state index in [0.717, 1.165) is 24.1 Å². The number of rotatable bonds is 3. The van der Waals surface area contributed by atoms with Gasteiger partial charge in [0.2, 0.25) is 0 Å². The quantitative estimate of drug-likeness (QED) is 0.661. The van der Waals surface area contributed by atoms with Crippen molar-refractivity contribution in [3.8, 4) is 0 Å². The van der Waals surface area contributed by atoms with Gasteiger partial charge in [-0.25, -0.2) is 5.43 Å². The van der Waals surface area contributed by atoms with Gasteiger partial charge in [0, 0.05) is 0 Å². The Kier molecular flexibility index (Phi) is 4.32. The van der Waals surface area contributed by atoms with Crippen LogP contribution in [0.5, 0.6) is 0 Å². The van der Waals surface area contributed by atoms with Crippen molar-refractivity contribution in [2.24, 2.45) is 11.0 Å². The van der Waals surface area contributed by atoms with Crippen LogP contribution in [0.1, 0.15) is 36.4 Å². The standard InChI is InChI=1S/C15H18N2OS/c1-10(2)12-7-6-11(3)13(9-12)16-17-15(18)14-5-4-8-19-14/h4-6,8,12H,1,7,9H2,2-3H3,(H,17,18)/b16-13-/t12-/m0/s1. The van der Waals surface area contributed by atoms with Crippen molar-refractivity contribution in [1.29, 1.82) is 0 Å². The van der Waals surface area contributed by atoms with Crippen molar-refractivity contribution in [2.45, 2.75) is 26.7 Å². The Bertz CT molecular complexity index is 541. The Labute approximate surface area is 117 Å². The summed E-state index contributed by atoms with van der Waals surface area (Å²) in [6.45, 7) is 8.08. The molecule has 0 aromatic carbocycles. The zero-order valence-corrected chi connectivity index (χ0v) is 12.1. The molecule has 0 radical (unpaired) electrons. The molecule has 1 aromatic heterocycles. The molecule has 1 heterocycles. The molecule has 1 N–H and O–H groups in total. The molecule has 1 aliphatic rings. The molecule has 2 rings (SSSR count). The fraction of sp³-hybridized carbons (Fsp3) is 0.333. The summed E-state index contributed by atoms with van der Waals surface area (Å²) in [4.78, 5) is 12.5. The van der Waals surface area contributed by atoms with E-state index in [1.807, 2.05) is 25.3 Å². The third kappa shape index (κ3) is 3.41.